The van der Waals surface area contributed by atoms with Crippen molar-refractivity contribution in [2.24, 2.45) is 0 Å². The number of hydrogen-bond donors (Lipinski definition) is 1. The van der Waals surface area contributed by atoms with Gasteiger partial charge in [-0.15, -0.1) is 11.3 Å². The third-order valence-electron chi connectivity index (χ3n) is 15.6. The molecule has 7 heteroatoms. The molecular formula is C64H50BN2O2S2. The Bertz CT molecular complexity index is 4050. The number of rotatable bonds is 5. The number of aryl methyl sites for hydroxylation is 2. The Labute approximate surface area is 423 Å². The van der Waals surface area contributed by atoms with Crippen LogP contribution in [0.15, 0.2) is 178 Å². The number of thiophene rings is 1. The molecule has 14 rings (SSSR count). The number of hydrogen-bond acceptors (Lipinski definition) is 6. The molecule has 343 valence electrons. The van der Waals surface area contributed by atoms with Gasteiger partial charge in [0.05, 0.1) is 9.79 Å². The lowest BCUT2D eigenvalue weighted by Gasteiger charge is -2.44. The summed E-state index contributed by atoms with van der Waals surface area (Å²) in [5.41, 5.74) is 19.3. The molecule has 4 heterocycles. The number of furan rings is 1. The van der Waals surface area contributed by atoms with E-state index in [0.717, 1.165) is 106 Å². The maximum absolute atomic E-state index is 7.22. The Morgan fingerprint density at radius 1 is 0.563 bits per heavy atom. The van der Waals surface area contributed by atoms with Crippen LogP contribution in [0.2, 0.25) is 0 Å². The van der Waals surface area contributed by atoms with Gasteiger partial charge in [0.2, 0.25) is 0 Å². The van der Waals surface area contributed by atoms with E-state index in [1.165, 1.54) is 53.7 Å². The lowest BCUT2D eigenvalue weighted by molar-refractivity contribution is 0.332. The molecule has 0 atom stereocenters. The van der Waals surface area contributed by atoms with Crippen molar-refractivity contribution < 1.29 is 9.15 Å². The molecule has 0 bridgehead atoms. The summed E-state index contributed by atoms with van der Waals surface area (Å²) in [6.07, 6.45) is 2.28. The van der Waals surface area contributed by atoms with Crippen LogP contribution in [0.4, 0.5) is 28.4 Å². The minimum absolute atomic E-state index is 0.00391. The first kappa shape index (κ1) is 42.7. The van der Waals surface area contributed by atoms with E-state index >= 15 is 0 Å². The second kappa shape index (κ2) is 15.7. The summed E-state index contributed by atoms with van der Waals surface area (Å²) in [6.45, 7) is 14.2. The van der Waals surface area contributed by atoms with Crippen LogP contribution in [0.25, 0.3) is 64.4 Å². The fourth-order valence-corrected chi connectivity index (χ4v) is 13.8. The van der Waals surface area contributed by atoms with Crippen molar-refractivity contribution in [3.63, 3.8) is 0 Å². The van der Waals surface area contributed by atoms with Crippen molar-refractivity contribution >= 4 is 112 Å². The molecular weight excluding hydrogens is 904 g/mol. The van der Waals surface area contributed by atoms with E-state index in [4.69, 9.17) is 9.15 Å². The van der Waals surface area contributed by atoms with Gasteiger partial charge in [-0.2, -0.15) is 0 Å². The molecule has 2 aromatic heterocycles. The second-order valence-corrected chi connectivity index (χ2v) is 23.3. The van der Waals surface area contributed by atoms with Gasteiger partial charge in [-0.1, -0.05) is 141 Å². The van der Waals surface area contributed by atoms with Gasteiger partial charge in [-0.25, -0.2) is 0 Å². The SMILES string of the molecule is Cc1ccc(Nc2cc3sc4ccccc4c3cc2-c2c3c(cc4c2oc2ccccc24)N(c2cc4c(cc2C)C(C)(C)CCC4(C)C)c2cc4c(cc2[B]3)Sc2ccccc2O4)c(-c2ccccc2)c1. The van der Waals surface area contributed by atoms with Gasteiger partial charge in [0, 0.05) is 82.1 Å². The molecule has 11 aromatic rings. The second-order valence-electron chi connectivity index (χ2n) is 21.1. The highest BCUT2D eigenvalue weighted by molar-refractivity contribution is 7.99. The maximum atomic E-state index is 7.22. The predicted octanol–water partition coefficient (Wildman–Crippen LogP) is 17.7. The van der Waals surface area contributed by atoms with Crippen molar-refractivity contribution in [3.05, 3.63) is 186 Å². The van der Waals surface area contributed by atoms with Crippen LogP contribution in [0.5, 0.6) is 11.5 Å². The predicted molar refractivity (Wildman–Crippen MR) is 302 cm³/mol. The van der Waals surface area contributed by atoms with Gasteiger partial charge in [-0.05, 0) is 132 Å². The molecule has 0 unspecified atom stereocenters. The zero-order chi connectivity index (χ0) is 47.9. The molecule has 0 saturated carbocycles. The number of nitrogens with one attached hydrogen (secondary N) is 1. The van der Waals surface area contributed by atoms with Crippen LogP contribution in [-0.2, 0) is 10.8 Å². The fourth-order valence-electron chi connectivity index (χ4n) is 11.7. The number of nitrogens with zero attached hydrogens (tertiary/aromatic N) is 1. The van der Waals surface area contributed by atoms with E-state index < -0.39 is 0 Å². The Hall–Kier alpha value is -7.19. The van der Waals surface area contributed by atoms with Crippen LogP contribution in [0, 0.1) is 13.8 Å². The van der Waals surface area contributed by atoms with Gasteiger partial charge in [0.25, 0.3) is 0 Å². The van der Waals surface area contributed by atoms with Gasteiger partial charge in [0.1, 0.15) is 22.7 Å². The zero-order valence-corrected chi connectivity index (χ0v) is 42.3. The average Bonchev–Trinajstić information content (AvgIpc) is 3.93. The molecule has 1 aliphatic carbocycles. The Morgan fingerprint density at radius 2 is 1.31 bits per heavy atom. The van der Waals surface area contributed by atoms with E-state index in [1.807, 2.05) is 11.3 Å². The monoisotopic (exact) mass is 953 g/mol. The van der Waals surface area contributed by atoms with Crippen molar-refractivity contribution in [2.75, 3.05) is 10.2 Å². The fraction of sp³-hybridized carbons (Fsp3) is 0.156. The third-order valence-corrected chi connectivity index (χ3v) is 17.8. The minimum Gasteiger partial charge on any atom is -0.455 e. The lowest BCUT2D eigenvalue weighted by atomic mass is 9.57. The molecule has 1 N–H and O–H groups in total. The normalized spacial score (nSPS) is 15.2. The van der Waals surface area contributed by atoms with E-state index in [2.05, 4.69) is 223 Å². The van der Waals surface area contributed by atoms with Crippen LogP contribution in [-0.4, -0.2) is 7.28 Å². The average molecular weight is 954 g/mol. The Morgan fingerprint density at radius 3 is 2.15 bits per heavy atom. The molecule has 0 saturated heterocycles. The van der Waals surface area contributed by atoms with Crippen LogP contribution in [0.1, 0.15) is 62.8 Å². The first-order valence-corrected chi connectivity index (χ1v) is 26.4. The smallest absolute Gasteiger partial charge is 0.198 e. The summed E-state index contributed by atoms with van der Waals surface area (Å²) >= 11 is 3.62. The highest BCUT2D eigenvalue weighted by Gasteiger charge is 2.40. The highest BCUT2D eigenvalue weighted by atomic mass is 32.2. The van der Waals surface area contributed by atoms with Gasteiger partial charge < -0.3 is 19.4 Å². The molecule has 3 aliphatic rings. The molecule has 0 spiro atoms. The summed E-state index contributed by atoms with van der Waals surface area (Å²) in [5.74, 6) is 1.76. The Balaban J connectivity index is 1.09. The summed E-state index contributed by atoms with van der Waals surface area (Å²) in [7, 11) is 2.42. The van der Waals surface area contributed by atoms with Gasteiger partial charge >= 0.3 is 0 Å². The van der Waals surface area contributed by atoms with Crippen molar-refractivity contribution in [2.45, 2.75) is 75.0 Å². The standard InChI is InChI=1S/C64H50BN2O2S2/c1-36-24-25-48(41(28-36)38-16-8-7-9-17-38)66-49-34-58-42(40-19-11-14-22-56(40)70-58)30-44(49)60-61-52(31-43-39-18-10-12-20-53(39)69-62(43)60)67(50-32-46-45(29-37(50)2)63(3,4)26-27-64(46,5)6)51-35-55-59(33-47(51)65-61)71-57-23-15-13-21-54(57)68-55/h7-25,28-35,66H,26-27H2,1-6H3. The topological polar surface area (TPSA) is 37.6 Å². The molecule has 0 fully saturated rings. The summed E-state index contributed by atoms with van der Waals surface area (Å²) in [6, 6.07) is 60.1. The maximum Gasteiger partial charge on any atom is 0.198 e. The Kier molecular flexibility index (Phi) is 9.41. The summed E-state index contributed by atoms with van der Waals surface area (Å²) in [4.78, 5) is 4.77. The highest BCUT2D eigenvalue weighted by Crippen LogP contribution is 2.54. The van der Waals surface area contributed by atoms with Crippen molar-refractivity contribution in [3.8, 4) is 33.8 Å². The quantitative estimate of drug-likeness (QED) is 0.174. The zero-order valence-electron chi connectivity index (χ0n) is 40.7. The third kappa shape index (κ3) is 6.73. The number of anilines is 5. The van der Waals surface area contributed by atoms with Crippen LogP contribution < -0.4 is 25.9 Å². The molecule has 2 aliphatic heterocycles. The summed E-state index contributed by atoms with van der Waals surface area (Å²) in [5, 5.41) is 8.74. The van der Waals surface area contributed by atoms with E-state index in [1.54, 1.807) is 11.8 Å². The first-order valence-electron chi connectivity index (χ1n) is 24.8. The number of para-hydroxylation sites is 2. The van der Waals surface area contributed by atoms with Crippen LogP contribution >= 0.6 is 23.1 Å². The molecule has 0 amide bonds. The number of fused-ring (bicyclic) bond motifs is 11. The molecule has 71 heavy (non-hydrogen) atoms. The van der Waals surface area contributed by atoms with Crippen molar-refractivity contribution in [1.82, 2.24) is 0 Å². The first-order chi connectivity index (χ1) is 34.5. The van der Waals surface area contributed by atoms with E-state index in [9.17, 15) is 0 Å². The molecule has 4 nitrogen and oxygen atoms in total. The molecule has 9 aromatic carbocycles. The summed E-state index contributed by atoms with van der Waals surface area (Å²) < 4.78 is 16.5. The van der Waals surface area contributed by atoms with Gasteiger partial charge in [0.15, 0.2) is 7.28 Å². The number of ether oxygens (including phenoxy) is 1. The minimum atomic E-state index is 0.00391. The van der Waals surface area contributed by atoms with E-state index in [0.29, 0.717) is 0 Å². The number of benzene rings is 9. The molecule has 1 radical (unpaired) electrons. The van der Waals surface area contributed by atoms with Crippen LogP contribution in [0.3, 0.4) is 0 Å². The lowest BCUT2D eigenvalue weighted by Crippen LogP contribution is -2.41. The van der Waals surface area contributed by atoms with Gasteiger partial charge in [-0.3, -0.25) is 0 Å². The van der Waals surface area contributed by atoms with Crippen molar-refractivity contribution in [1.29, 1.82) is 0 Å². The van der Waals surface area contributed by atoms with E-state index in [-0.39, 0.29) is 10.8 Å². The largest absolute Gasteiger partial charge is 0.455 e.